The van der Waals surface area contributed by atoms with Crippen molar-refractivity contribution >= 4 is 0 Å². The molecule has 0 bridgehead atoms. The monoisotopic (exact) mass is 244 g/mol. The second-order valence-electron chi connectivity index (χ2n) is 4.52. The van der Waals surface area contributed by atoms with Crippen LogP contribution in [0.2, 0.25) is 0 Å². The average Bonchev–Trinajstić information content (AvgIpc) is 2.32. The van der Waals surface area contributed by atoms with Crippen LogP contribution in [0.4, 0.5) is 0 Å². The molecular formula is C14H16N2O2. The van der Waals surface area contributed by atoms with Crippen molar-refractivity contribution in [2.24, 2.45) is 7.05 Å². The molecule has 4 nitrogen and oxygen atoms in total. The largest absolute Gasteiger partial charge is 0.335 e. The fraction of sp³-hybridized carbons (Fsp3) is 0.286. The molecule has 0 saturated heterocycles. The molecule has 0 aliphatic carbocycles. The minimum absolute atomic E-state index is 0.279. The Labute approximate surface area is 105 Å². The number of nitrogens with zero attached hydrogens (tertiary/aromatic N) is 2. The zero-order chi connectivity index (χ0) is 13.4. The Balaban J connectivity index is 2.89. The first kappa shape index (κ1) is 12.4. The zero-order valence-corrected chi connectivity index (χ0v) is 11.0. The first-order valence-electron chi connectivity index (χ1n) is 5.79. The van der Waals surface area contributed by atoms with Crippen molar-refractivity contribution in [1.29, 1.82) is 0 Å². The summed E-state index contributed by atoms with van der Waals surface area (Å²) < 4.78 is 2.69. The number of benzene rings is 1. The van der Waals surface area contributed by atoms with Crippen LogP contribution in [0, 0.1) is 20.8 Å². The van der Waals surface area contributed by atoms with Gasteiger partial charge in [0.25, 0.3) is 5.56 Å². The van der Waals surface area contributed by atoms with Gasteiger partial charge in [0.05, 0.1) is 5.69 Å². The van der Waals surface area contributed by atoms with Gasteiger partial charge in [-0.2, -0.15) is 0 Å². The van der Waals surface area contributed by atoms with E-state index in [1.165, 1.54) is 13.1 Å². The van der Waals surface area contributed by atoms with E-state index in [4.69, 9.17) is 0 Å². The lowest BCUT2D eigenvalue weighted by Crippen LogP contribution is -2.38. The van der Waals surface area contributed by atoms with Gasteiger partial charge in [0, 0.05) is 18.8 Å². The van der Waals surface area contributed by atoms with Gasteiger partial charge in [-0.05, 0) is 38.0 Å². The zero-order valence-electron chi connectivity index (χ0n) is 11.0. The molecule has 1 aromatic carbocycles. The van der Waals surface area contributed by atoms with Crippen molar-refractivity contribution in [1.82, 2.24) is 9.13 Å². The van der Waals surface area contributed by atoms with Crippen LogP contribution < -0.4 is 11.2 Å². The lowest BCUT2D eigenvalue weighted by molar-refractivity contribution is 0.711. The fourth-order valence-electron chi connectivity index (χ4n) is 2.01. The highest BCUT2D eigenvalue weighted by Gasteiger charge is 2.10. The van der Waals surface area contributed by atoms with Gasteiger partial charge in [-0.15, -0.1) is 0 Å². The summed E-state index contributed by atoms with van der Waals surface area (Å²) in [6, 6.07) is 7.28. The Morgan fingerprint density at radius 3 is 2.39 bits per heavy atom. The van der Waals surface area contributed by atoms with Gasteiger partial charge in [0.1, 0.15) is 0 Å². The normalized spacial score (nSPS) is 10.7. The van der Waals surface area contributed by atoms with E-state index in [0.29, 0.717) is 5.69 Å². The molecule has 1 heterocycles. The SMILES string of the molecule is Cc1cccc(-n2c(C)cc(=O)n(C)c2=O)c1C. The molecule has 0 aliphatic heterocycles. The summed E-state index contributed by atoms with van der Waals surface area (Å²) in [5.41, 5.74) is 3.05. The van der Waals surface area contributed by atoms with Crippen LogP contribution in [-0.4, -0.2) is 9.13 Å². The highest BCUT2D eigenvalue weighted by atomic mass is 16.2. The minimum Gasteiger partial charge on any atom is -0.269 e. The third kappa shape index (κ3) is 1.79. The van der Waals surface area contributed by atoms with Crippen LogP contribution in [0.3, 0.4) is 0 Å². The summed E-state index contributed by atoms with van der Waals surface area (Å²) in [6.45, 7) is 5.74. The second-order valence-corrected chi connectivity index (χ2v) is 4.52. The number of hydrogen-bond donors (Lipinski definition) is 0. The van der Waals surface area contributed by atoms with Gasteiger partial charge in [-0.3, -0.25) is 13.9 Å². The highest BCUT2D eigenvalue weighted by Crippen LogP contribution is 2.16. The Morgan fingerprint density at radius 2 is 1.72 bits per heavy atom. The van der Waals surface area contributed by atoms with E-state index < -0.39 is 0 Å². The summed E-state index contributed by atoms with van der Waals surface area (Å²) in [4.78, 5) is 23.7. The highest BCUT2D eigenvalue weighted by molar-refractivity contribution is 5.45. The molecule has 0 N–H and O–H groups in total. The second kappa shape index (κ2) is 4.29. The third-order valence-corrected chi connectivity index (χ3v) is 3.31. The topological polar surface area (TPSA) is 44.0 Å². The summed E-state index contributed by atoms with van der Waals surface area (Å²) in [5.74, 6) is 0. The van der Waals surface area contributed by atoms with Crippen LogP contribution >= 0.6 is 0 Å². The molecule has 0 unspecified atom stereocenters. The lowest BCUT2D eigenvalue weighted by Gasteiger charge is -2.14. The molecule has 0 spiro atoms. The van der Waals surface area contributed by atoms with E-state index in [0.717, 1.165) is 21.4 Å². The fourth-order valence-corrected chi connectivity index (χ4v) is 2.01. The predicted molar refractivity (Wildman–Crippen MR) is 71.5 cm³/mol. The molecule has 0 radical (unpaired) electrons. The van der Waals surface area contributed by atoms with Crippen LogP contribution in [0.25, 0.3) is 5.69 Å². The van der Waals surface area contributed by atoms with Crippen LogP contribution in [0.1, 0.15) is 16.8 Å². The van der Waals surface area contributed by atoms with E-state index in [2.05, 4.69) is 0 Å². The maximum Gasteiger partial charge on any atom is 0.335 e. The van der Waals surface area contributed by atoms with Crippen molar-refractivity contribution in [2.75, 3.05) is 0 Å². The van der Waals surface area contributed by atoms with Gasteiger partial charge in [0.2, 0.25) is 0 Å². The molecule has 0 amide bonds. The molecule has 0 aliphatic rings. The number of aromatic nitrogens is 2. The van der Waals surface area contributed by atoms with Crippen LogP contribution in [0.5, 0.6) is 0 Å². The molecule has 0 saturated carbocycles. The molecular weight excluding hydrogens is 228 g/mol. The minimum atomic E-state index is -0.311. The third-order valence-electron chi connectivity index (χ3n) is 3.31. The predicted octanol–water partition coefficient (Wildman–Crippen LogP) is 1.46. The molecule has 1 aromatic heterocycles. The maximum atomic E-state index is 12.2. The maximum absolute atomic E-state index is 12.2. The Bertz CT molecular complexity index is 724. The number of rotatable bonds is 1. The van der Waals surface area contributed by atoms with Gasteiger partial charge in [0.15, 0.2) is 0 Å². The Kier molecular flexibility index (Phi) is 2.95. The average molecular weight is 244 g/mol. The molecule has 2 aromatic rings. The molecule has 0 atom stereocenters. The van der Waals surface area contributed by atoms with Crippen molar-refractivity contribution in [2.45, 2.75) is 20.8 Å². The quantitative estimate of drug-likeness (QED) is 0.762. The van der Waals surface area contributed by atoms with Crippen molar-refractivity contribution < 1.29 is 0 Å². The van der Waals surface area contributed by atoms with Gasteiger partial charge in [-0.1, -0.05) is 12.1 Å². The van der Waals surface area contributed by atoms with E-state index in [1.54, 1.807) is 11.5 Å². The number of aryl methyl sites for hydroxylation is 2. The van der Waals surface area contributed by atoms with Crippen molar-refractivity contribution in [3.8, 4) is 5.69 Å². The molecule has 2 rings (SSSR count). The van der Waals surface area contributed by atoms with Crippen molar-refractivity contribution in [3.05, 3.63) is 61.9 Å². The molecule has 0 fully saturated rings. The van der Waals surface area contributed by atoms with Gasteiger partial charge in [-0.25, -0.2) is 4.79 Å². The smallest absolute Gasteiger partial charge is 0.269 e. The standard InChI is InChI=1S/C14H16N2O2/c1-9-6-5-7-12(11(9)3)16-10(2)8-13(17)15(4)14(16)18/h5-8H,1-4H3. The summed E-state index contributed by atoms with van der Waals surface area (Å²) in [5, 5.41) is 0. The molecule has 4 heteroatoms. The number of hydrogen-bond acceptors (Lipinski definition) is 2. The summed E-state index contributed by atoms with van der Waals surface area (Å²) >= 11 is 0. The van der Waals surface area contributed by atoms with E-state index in [-0.39, 0.29) is 11.2 Å². The Morgan fingerprint density at radius 1 is 1.06 bits per heavy atom. The molecule has 18 heavy (non-hydrogen) atoms. The van der Waals surface area contributed by atoms with Crippen LogP contribution in [-0.2, 0) is 7.05 Å². The summed E-state index contributed by atoms with van der Waals surface area (Å²) in [7, 11) is 1.49. The summed E-state index contributed by atoms with van der Waals surface area (Å²) in [6.07, 6.45) is 0. The van der Waals surface area contributed by atoms with Gasteiger partial charge >= 0.3 is 5.69 Å². The Hall–Kier alpha value is -2.10. The van der Waals surface area contributed by atoms with E-state index >= 15 is 0 Å². The first-order chi connectivity index (χ1) is 8.43. The lowest BCUT2D eigenvalue weighted by atomic mass is 10.1. The van der Waals surface area contributed by atoms with Gasteiger partial charge < -0.3 is 0 Å². The van der Waals surface area contributed by atoms with E-state index in [1.807, 2.05) is 32.0 Å². The first-order valence-corrected chi connectivity index (χ1v) is 5.79. The molecule has 94 valence electrons. The van der Waals surface area contributed by atoms with Crippen molar-refractivity contribution in [3.63, 3.8) is 0 Å². The van der Waals surface area contributed by atoms with E-state index in [9.17, 15) is 9.59 Å². The van der Waals surface area contributed by atoms with Crippen LogP contribution in [0.15, 0.2) is 33.9 Å².